The first kappa shape index (κ1) is 17.7. The van der Waals surface area contributed by atoms with Crippen molar-refractivity contribution in [2.45, 2.75) is 40.2 Å². The van der Waals surface area contributed by atoms with Crippen LogP contribution in [0.3, 0.4) is 0 Å². The van der Waals surface area contributed by atoms with Gasteiger partial charge in [0.15, 0.2) is 6.10 Å². The van der Waals surface area contributed by atoms with Gasteiger partial charge >= 0.3 is 5.97 Å². The number of hydrogen-bond acceptors (Lipinski definition) is 4. The van der Waals surface area contributed by atoms with Crippen LogP contribution in [0, 0.1) is 5.41 Å². The number of ether oxygens (including phenoxy) is 1. The number of rotatable bonds is 5. The molecule has 120 valence electrons. The van der Waals surface area contributed by atoms with Crippen molar-refractivity contribution < 1.29 is 19.1 Å². The second-order valence-corrected chi connectivity index (χ2v) is 6.30. The van der Waals surface area contributed by atoms with E-state index in [9.17, 15) is 14.4 Å². The van der Waals surface area contributed by atoms with Crippen molar-refractivity contribution in [3.8, 4) is 0 Å². The van der Waals surface area contributed by atoms with Crippen LogP contribution in [0.4, 0.5) is 5.69 Å². The van der Waals surface area contributed by atoms with Crippen LogP contribution in [0.2, 0.25) is 0 Å². The van der Waals surface area contributed by atoms with Gasteiger partial charge in [-0.3, -0.25) is 14.4 Å². The summed E-state index contributed by atoms with van der Waals surface area (Å²) in [5.41, 5.74) is 5.78. The zero-order valence-electron chi connectivity index (χ0n) is 13.3. The Labute approximate surface area is 130 Å². The Bertz CT molecular complexity index is 559. The summed E-state index contributed by atoms with van der Waals surface area (Å²) in [4.78, 5) is 34.6. The number of benzene rings is 1. The minimum absolute atomic E-state index is 0.197. The van der Waals surface area contributed by atoms with Crippen LogP contribution in [0.15, 0.2) is 24.3 Å². The summed E-state index contributed by atoms with van der Waals surface area (Å²) in [6, 6.07) is 6.13. The predicted molar refractivity (Wildman–Crippen MR) is 83.2 cm³/mol. The van der Waals surface area contributed by atoms with Gasteiger partial charge in [-0.15, -0.1) is 0 Å². The van der Waals surface area contributed by atoms with E-state index in [4.69, 9.17) is 10.5 Å². The van der Waals surface area contributed by atoms with Gasteiger partial charge in [0.25, 0.3) is 5.91 Å². The van der Waals surface area contributed by atoms with Gasteiger partial charge < -0.3 is 15.8 Å². The molecule has 1 rings (SSSR count). The predicted octanol–water partition coefficient (Wildman–Crippen LogP) is 2.09. The third-order valence-electron chi connectivity index (χ3n) is 2.79. The maximum atomic E-state index is 12.0. The fourth-order valence-electron chi connectivity index (χ4n) is 1.69. The van der Waals surface area contributed by atoms with Crippen LogP contribution >= 0.6 is 0 Å². The van der Waals surface area contributed by atoms with Crippen LogP contribution < -0.4 is 11.1 Å². The molecule has 2 amide bonds. The number of anilines is 1. The van der Waals surface area contributed by atoms with Crippen LogP contribution in [0.5, 0.6) is 0 Å². The Kier molecular flexibility index (Phi) is 5.68. The molecule has 0 aliphatic rings. The van der Waals surface area contributed by atoms with Gasteiger partial charge in [0.1, 0.15) is 0 Å². The highest BCUT2D eigenvalue weighted by Crippen LogP contribution is 2.19. The average Bonchev–Trinajstić information content (AvgIpc) is 2.36. The standard InChI is InChI=1S/C16H22N2O4/c1-10(22-13(19)9-16(2,3)4)15(21)18-12-7-5-11(6-8-12)14(17)20/h5-8,10H,9H2,1-4H3,(H2,17,20)(H,18,21)/t10-/m0/s1. The van der Waals surface area contributed by atoms with Crippen molar-refractivity contribution in [2.24, 2.45) is 11.1 Å². The van der Waals surface area contributed by atoms with Crippen molar-refractivity contribution in [2.75, 3.05) is 5.32 Å². The number of carbonyl (C=O) groups is 3. The molecule has 0 aliphatic heterocycles. The molecule has 6 heteroatoms. The Morgan fingerprint density at radius 3 is 2.18 bits per heavy atom. The highest BCUT2D eigenvalue weighted by Gasteiger charge is 2.22. The SMILES string of the molecule is C[C@H](OC(=O)CC(C)(C)C)C(=O)Nc1ccc(C(N)=O)cc1. The number of hydrogen-bond donors (Lipinski definition) is 2. The lowest BCUT2D eigenvalue weighted by molar-refractivity contribution is -0.154. The lowest BCUT2D eigenvalue weighted by atomic mass is 9.92. The van der Waals surface area contributed by atoms with Crippen molar-refractivity contribution in [3.05, 3.63) is 29.8 Å². The second kappa shape index (κ2) is 7.06. The molecule has 0 spiro atoms. The fraction of sp³-hybridized carbons (Fsp3) is 0.438. The van der Waals surface area contributed by atoms with E-state index in [1.165, 1.54) is 19.1 Å². The van der Waals surface area contributed by atoms with Crippen LogP contribution in [0.1, 0.15) is 44.5 Å². The summed E-state index contributed by atoms with van der Waals surface area (Å²) in [7, 11) is 0. The molecule has 0 heterocycles. The lowest BCUT2D eigenvalue weighted by Gasteiger charge is -2.19. The largest absolute Gasteiger partial charge is 0.453 e. The zero-order chi connectivity index (χ0) is 16.9. The van der Waals surface area contributed by atoms with Gasteiger partial charge in [0.2, 0.25) is 5.91 Å². The zero-order valence-corrected chi connectivity index (χ0v) is 13.3. The highest BCUT2D eigenvalue weighted by atomic mass is 16.5. The van der Waals surface area contributed by atoms with Crippen molar-refractivity contribution in [1.29, 1.82) is 0 Å². The second-order valence-electron chi connectivity index (χ2n) is 6.30. The molecular weight excluding hydrogens is 284 g/mol. The topological polar surface area (TPSA) is 98.5 Å². The Morgan fingerprint density at radius 2 is 1.73 bits per heavy atom. The average molecular weight is 306 g/mol. The molecule has 6 nitrogen and oxygen atoms in total. The Hall–Kier alpha value is -2.37. The maximum Gasteiger partial charge on any atom is 0.307 e. The van der Waals surface area contributed by atoms with Gasteiger partial charge in [0, 0.05) is 11.3 Å². The van der Waals surface area contributed by atoms with E-state index in [1.54, 1.807) is 12.1 Å². The van der Waals surface area contributed by atoms with E-state index < -0.39 is 23.9 Å². The van der Waals surface area contributed by atoms with Crippen molar-refractivity contribution in [3.63, 3.8) is 0 Å². The first-order valence-corrected chi connectivity index (χ1v) is 6.99. The van der Waals surface area contributed by atoms with Crippen LogP contribution in [0.25, 0.3) is 0 Å². The molecule has 0 bridgehead atoms. The number of nitrogens with one attached hydrogen (secondary N) is 1. The molecule has 0 saturated heterocycles. The molecule has 0 saturated carbocycles. The molecule has 0 fully saturated rings. The van der Waals surface area contributed by atoms with Gasteiger partial charge in [-0.25, -0.2) is 0 Å². The quantitative estimate of drug-likeness (QED) is 0.814. The van der Waals surface area contributed by atoms with Crippen molar-refractivity contribution >= 4 is 23.5 Å². The maximum absolute atomic E-state index is 12.0. The van der Waals surface area contributed by atoms with Crippen LogP contribution in [-0.4, -0.2) is 23.9 Å². The first-order chi connectivity index (χ1) is 10.1. The third-order valence-corrected chi connectivity index (χ3v) is 2.79. The molecule has 0 radical (unpaired) electrons. The lowest BCUT2D eigenvalue weighted by Crippen LogP contribution is -2.31. The number of amides is 2. The normalized spacial score (nSPS) is 12.4. The van der Waals surface area contributed by atoms with E-state index in [0.29, 0.717) is 11.3 Å². The van der Waals surface area contributed by atoms with Crippen molar-refractivity contribution in [1.82, 2.24) is 0 Å². The number of nitrogens with two attached hydrogens (primary N) is 1. The molecular formula is C16H22N2O4. The molecule has 3 N–H and O–H groups in total. The van der Waals surface area contributed by atoms with Crippen LogP contribution in [-0.2, 0) is 14.3 Å². The molecule has 22 heavy (non-hydrogen) atoms. The van der Waals surface area contributed by atoms with E-state index >= 15 is 0 Å². The summed E-state index contributed by atoms with van der Waals surface area (Å²) in [5.74, 6) is -1.39. The summed E-state index contributed by atoms with van der Waals surface area (Å²) in [6.45, 7) is 7.26. The Morgan fingerprint density at radius 1 is 1.18 bits per heavy atom. The smallest absolute Gasteiger partial charge is 0.307 e. The minimum atomic E-state index is -0.898. The van der Waals surface area contributed by atoms with E-state index in [2.05, 4.69) is 5.32 Å². The molecule has 1 aromatic carbocycles. The first-order valence-electron chi connectivity index (χ1n) is 6.99. The summed E-state index contributed by atoms with van der Waals surface area (Å²) in [6.07, 6.45) is -0.663. The van der Waals surface area contributed by atoms with Gasteiger partial charge in [-0.1, -0.05) is 20.8 Å². The molecule has 0 unspecified atom stereocenters. The Balaban J connectivity index is 2.57. The van der Waals surface area contributed by atoms with E-state index in [0.717, 1.165) is 0 Å². The van der Waals surface area contributed by atoms with E-state index in [1.807, 2.05) is 20.8 Å². The third kappa shape index (κ3) is 5.95. The van der Waals surface area contributed by atoms with Gasteiger partial charge in [-0.05, 0) is 36.6 Å². The summed E-state index contributed by atoms with van der Waals surface area (Å²) < 4.78 is 5.10. The monoisotopic (exact) mass is 306 g/mol. The number of primary amides is 1. The molecule has 0 aromatic heterocycles. The summed E-state index contributed by atoms with van der Waals surface area (Å²) >= 11 is 0. The minimum Gasteiger partial charge on any atom is -0.453 e. The number of esters is 1. The van der Waals surface area contributed by atoms with Gasteiger partial charge in [-0.2, -0.15) is 0 Å². The fourth-order valence-corrected chi connectivity index (χ4v) is 1.69. The molecule has 1 aromatic rings. The highest BCUT2D eigenvalue weighted by molar-refractivity contribution is 5.96. The molecule has 0 aliphatic carbocycles. The van der Waals surface area contributed by atoms with E-state index in [-0.39, 0.29) is 11.8 Å². The summed E-state index contributed by atoms with van der Waals surface area (Å²) in [5, 5.41) is 2.61. The number of carbonyl (C=O) groups excluding carboxylic acids is 3. The molecule has 1 atom stereocenters. The van der Waals surface area contributed by atoms with Gasteiger partial charge in [0.05, 0.1) is 6.42 Å².